The van der Waals surface area contributed by atoms with Gasteiger partial charge in [-0.25, -0.2) is 0 Å². The van der Waals surface area contributed by atoms with Gasteiger partial charge in [0.15, 0.2) is 5.96 Å². The van der Waals surface area contributed by atoms with Crippen molar-refractivity contribution in [1.82, 2.24) is 15.5 Å². The number of halogens is 1. The fraction of sp³-hybridized carbons (Fsp3) is 0.632. The van der Waals surface area contributed by atoms with Crippen LogP contribution in [-0.2, 0) is 6.42 Å². The van der Waals surface area contributed by atoms with Crippen LogP contribution < -0.4 is 10.6 Å². The summed E-state index contributed by atoms with van der Waals surface area (Å²) >= 11 is 0. The molecule has 0 saturated heterocycles. The minimum atomic E-state index is 0. The van der Waals surface area contributed by atoms with Crippen LogP contribution >= 0.6 is 24.0 Å². The van der Waals surface area contributed by atoms with Crippen molar-refractivity contribution in [3.8, 4) is 0 Å². The highest BCUT2D eigenvalue weighted by atomic mass is 127. The van der Waals surface area contributed by atoms with Crippen molar-refractivity contribution in [1.29, 1.82) is 0 Å². The molecule has 0 saturated carbocycles. The van der Waals surface area contributed by atoms with Gasteiger partial charge in [0.2, 0.25) is 0 Å². The van der Waals surface area contributed by atoms with Crippen LogP contribution in [0.15, 0.2) is 35.3 Å². The second kappa shape index (κ2) is 15.7. The number of guanidine groups is 1. The number of nitrogens with zero attached hydrogens (tertiary/aromatic N) is 2. The predicted molar refractivity (Wildman–Crippen MR) is 117 cm³/mol. The molecule has 0 aliphatic rings. The van der Waals surface area contributed by atoms with Gasteiger partial charge in [-0.2, -0.15) is 0 Å². The smallest absolute Gasteiger partial charge is 0.191 e. The molecule has 0 fully saturated rings. The van der Waals surface area contributed by atoms with E-state index in [0.29, 0.717) is 0 Å². The summed E-state index contributed by atoms with van der Waals surface area (Å²) in [7, 11) is 0. The van der Waals surface area contributed by atoms with Crippen molar-refractivity contribution in [2.75, 3.05) is 39.3 Å². The first-order chi connectivity index (χ1) is 11.3. The average molecular weight is 446 g/mol. The Balaban J connectivity index is 0.00000529. The summed E-state index contributed by atoms with van der Waals surface area (Å²) in [6.07, 6.45) is 3.38. The van der Waals surface area contributed by atoms with Gasteiger partial charge >= 0.3 is 0 Å². The molecule has 5 heteroatoms. The quantitative estimate of drug-likeness (QED) is 0.237. The van der Waals surface area contributed by atoms with Crippen LogP contribution in [0.1, 0.15) is 39.2 Å². The van der Waals surface area contributed by atoms with Gasteiger partial charge in [0, 0.05) is 19.6 Å². The van der Waals surface area contributed by atoms with Gasteiger partial charge in [-0.3, -0.25) is 4.99 Å². The lowest BCUT2D eigenvalue weighted by Gasteiger charge is -2.17. The van der Waals surface area contributed by atoms with Gasteiger partial charge in [-0.05, 0) is 51.4 Å². The van der Waals surface area contributed by atoms with Crippen molar-refractivity contribution in [3.63, 3.8) is 0 Å². The molecule has 0 unspecified atom stereocenters. The fourth-order valence-corrected chi connectivity index (χ4v) is 2.49. The van der Waals surface area contributed by atoms with E-state index in [4.69, 9.17) is 0 Å². The maximum atomic E-state index is 4.67. The molecule has 24 heavy (non-hydrogen) atoms. The third-order valence-corrected chi connectivity index (χ3v) is 3.94. The van der Waals surface area contributed by atoms with Gasteiger partial charge in [0.25, 0.3) is 0 Å². The lowest BCUT2D eigenvalue weighted by atomic mass is 10.1. The van der Waals surface area contributed by atoms with Crippen LogP contribution in [-0.4, -0.2) is 50.1 Å². The molecule has 0 amide bonds. The van der Waals surface area contributed by atoms with Crippen LogP contribution in [0.25, 0.3) is 0 Å². The molecule has 0 bridgehead atoms. The van der Waals surface area contributed by atoms with Gasteiger partial charge in [0.1, 0.15) is 0 Å². The first kappa shape index (κ1) is 23.2. The van der Waals surface area contributed by atoms with E-state index in [-0.39, 0.29) is 24.0 Å². The summed E-state index contributed by atoms with van der Waals surface area (Å²) in [6.45, 7) is 12.7. The van der Waals surface area contributed by atoms with Crippen molar-refractivity contribution >= 4 is 29.9 Å². The maximum absolute atomic E-state index is 4.67. The molecule has 0 atom stereocenters. The van der Waals surface area contributed by atoms with Crippen molar-refractivity contribution in [2.45, 2.75) is 40.0 Å². The highest BCUT2D eigenvalue weighted by Crippen LogP contribution is 1.98. The Hall–Kier alpha value is -0.820. The van der Waals surface area contributed by atoms with E-state index in [1.807, 2.05) is 0 Å². The number of unbranched alkanes of at least 4 members (excludes halogenated alkanes) is 1. The van der Waals surface area contributed by atoms with Crippen LogP contribution in [0.4, 0.5) is 0 Å². The topological polar surface area (TPSA) is 39.7 Å². The Labute approximate surface area is 165 Å². The molecule has 0 aromatic heterocycles. The Morgan fingerprint density at radius 2 is 1.71 bits per heavy atom. The van der Waals surface area contributed by atoms with Crippen LogP contribution in [0.2, 0.25) is 0 Å². The van der Waals surface area contributed by atoms with E-state index in [2.05, 4.69) is 71.6 Å². The zero-order valence-corrected chi connectivity index (χ0v) is 17.9. The monoisotopic (exact) mass is 446 g/mol. The van der Waals surface area contributed by atoms with Crippen molar-refractivity contribution < 1.29 is 0 Å². The van der Waals surface area contributed by atoms with E-state index >= 15 is 0 Å². The predicted octanol–water partition coefficient (Wildman–Crippen LogP) is 3.52. The Morgan fingerprint density at radius 3 is 2.33 bits per heavy atom. The number of nitrogens with one attached hydrogen (secondary N) is 2. The lowest BCUT2D eigenvalue weighted by molar-refractivity contribution is 0.297. The average Bonchev–Trinajstić information content (AvgIpc) is 2.59. The highest BCUT2D eigenvalue weighted by Gasteiger charge is 1.99. The summed E-state index contributed by atoms with van der Waals surface area (Å²) < 4.78 is 0. The van der Waals surface area contributed by atoms with Crippen molar-refractivity contribution in [3.05, 3.63) is 35.9 Å². The second-order valence-corrected chi connectivity index (χ2v) is 5.66. The maximum Gasteiger partial charge on any atom is 0.191 e. The summed E-state index contributed by atoms with van der Waals surface area (Å²) in [5.41, 5.74) is 1.36. The van der Waals surface area contributed by atoms with E-state index in [1.54, 1.807) is 0 Å². The summed E-state index contributed by atoms with van der Waals surface area (Å²) in [5.74, 6) is 0.936. The zero-order chi connectivity index (χ0) is 16.8. The van der Waals surface area contributed by atoms with Gasteiger partial charge < -0.3 is 15.5 Å². The van der Waals surface area contributed by atoms with E-state index in [1.165, 1.54) is 18.5 Å². The number of hydrogen-bond acceptors (Lipinski definition) is 2. The summed E-state index contributed by atoms with van der Waals surface area (Å²) in [4.78, 5) is 7.13. The largest absolute Gasteiger partial charge is 0.357 e. The molecule has 0 heterocycles. The first-order valence-electron chi connectivity index (χ1n) is 9.08. The molecule has 0 aliphatic heterocycles. The number of benzene rings is 1. The molecule has 0 radical (unpaired) electrons. The molecule has 1 aromatic rings. The molecule has 4 nitrogen and oxygen atoms in total. The van der Waals surface area contributed by atoms with Gasteiger partial charge in [-0.15, -0.1) is 24.0 Å². The molecule has 1 aromatic carbocycles. The van der Waals surface area contributed by atoms with Crippen molar-refractivity contribution in [2.24, 2.45) is 4.99 Å². The zero-order valence-electron chi connectivity index (χ0n) is 15.6. The lowest BCUT2D eigenvalue weighted by Crippen LogP contribution is -2.38. The third kappa shape index (κ3) is 10.9. The summed E-state index contributed by atoms with van der Waals surface area (Å²) in [5, 5.41) is 6.74. The molecule has 2 N–H and O–H groups in total. The molecule has 0 spiro atoms. The van der Waals surface area contributed by atoms with E-state index < -0.39 is 0 Å². The second-order valence-electron chi connectivity index (χ2n) is 5.66. The molecular formula is C19H35IN4. The Morgan fingerprint density at radius 1 is 1.00 bits per heavy atom. The standard InChI is InChI=1S/C19H34N4.HI/c1-4-20-19(21-15-10-11-17-23(5-2)6-3)22-16-14-18-12-8-7-9-13-18;/h7-9,12-13H,4-6,10-11,14-17H2,1-3H3,(H2,20,21,22);1H. The first-order valence-corrected chi connectivity index (χ1v) is 9.08. The number of rotatable bonds is 11. The molecule has 0 aliphatic carbocycles. The summed E-state index contributed by atoms with van der Waals surface area (Å²) in [6, 6.07) is 10.6. The molecular weight excluding hydrogens is 411 g/mol. The molecule has 138 valence electrons. The minimum absolute atomic E-state index is 0. The number of hydrogen-bond donors (Lipinski definition) is 2. The van der Waals surface area contributed by atoms with E-state index in [0.717, 1.165) is 51.5 Å². The van der Waals surface area contributed by atoms with Crippen LogP contribution in [0.5, 0.6) is 0 Å². The minimum Gasteiger partial charge on any atom is -0.357 e. The normalized spacial score (nSPS) is 11.2. The molecule has 1 rings (SSSR count). The Bertz CT molecular complexity index is 419. The van der Waals surface area contributed by atoms with Gasteiger partial charge in [0.05, 0.1) is 0 Å². The third-order valence-electron chi connectivity index (χ3n) is 3.94. The van der Waals surface area contributed by atoms with E-state index in [9.17, 15) is 0 Å². The highest BCUT2D eigenvalue weighted by molar-refractivity contribution is 14.0. The van der Waals surface area contributed by atoms with Crippen LogP contribution in [0.3, 0.4) is 0 Å². The SMILES string of the molecule is CCNC(=NCCCCN(CC)CC)NCCc1ccccc1.I. The van der Waals surface area contributed by atoms with Crippen LogP contribution in [0, 0.1) is 0 Å². The fourth-order valence-electron chi connectivity index (χ4n) is 2.49. The van der Waals surface area contributed by atoms with Gasteiger partial charge in [-0.1, -0.05) is 44.2 Å². The Kier molecular flexibility index (Phi) is 15.2. The number of aliphatic imine (C=N–C) groups is 1.